The van der Waals surface area contributed by atoms with Crippen LogP contribution in [0.3, 0.4) is 0 Å². The summed E-state index contributed by atoms with van der Waals surface area (Å²) in [6.07, 6.45) is 2.73. The van der Waals surface area contributed by atoms with E-state index in [9.17, 15) is 4.79 Å². The average Bonchev–Trinajstić information content (AvgIpc) is 2.73. The van der Waals surface area contributed by atoms with Crippen molar-refractivity contribution in [3.63, 3.8) is 0 Å². The van der Waals surface area contributed by atoms with Gasteiger partial charge in [0.2, 0.25) is 0 Å². The third-order valence-corrected chi connectivity index (χ3v) is 4.61. The molecule has 0 aliphatic carbocycles. The van der Waals surface area contributed by atoms with Crippen molar-refractivity contribution in [2.24, 2.45) is 0 Å². The lowest BCUT2D eigenvalue weighted by Gasteiger charge is -2.21. The van der Waals surface area contributed by atoms with Crippen LogP contribution in [0.25, 0.3) is 6.08 Å². The van der Waals surface area contributed by atoms with E-state index < -0.39 is 0 Å². The number of hydrogen-bond acceptors (Lipinski definition) is 4. The number of amides is 1. The topological polar surface area (TPSA) is 29.5 Å². The summed E-state index contributed by atoms with van der Waals surface area (Å²) in [5.74, 6) is 0.738. The summed E-state index contributed by atoms with van der Waals surface area (Å²) >= 11 is 6.66. The quantitative estimate of drug-likeness (QED) is 0.627. The normalized spacial score (nSPS) is 18.8. The number of ether oxygens (including phenoxy) is 1. The fraction of sp³-hybridized carbons (Fsp3) is 0.333. The van der Waals surface area contributed by atoms with E-state index in [2.05, 4.69) is 0 Å². The van der Waals surface area contributed by atoms with E-state index in [1.807, 2.05) is 44.2 Å². The highest BCUT2D eigenvalue weighted by atomic mass is 32.2. The molecule has 0 radical (unpaired) electrons. The van der Waals surface area contributed by atoms with E-state index in [-0.39, 0.29) is 11.9 Å². The third kappa shape index (κ3) is 2.88. The molecule has 1 aromatic carbocycles. The first-order valence-electron chi connectivity index (χ1n) is 6.48. The summed E-state index contributed by atoms with van der Waals surface area (Å²) in [4.78, 5) is 14.8. The highest BCUT2D eigenvalue weighted by Crippen LogP contribution is 2.35. The third-order valence-electron chi connectivity index (χ3n) is 3.28. The Hall–Kier alpha value is -1.33. The molecule has 0 bridgehead atoms. The summed E-state index contributed by atoms with van der Waals surface area (Å²) in [5, 5.41) is 0. The fourth-order valence-electron chi connectivity index (χ4n) is 1.97. The number of benzene rings is 1. The minimum absolute atomic E-state index is 0.0137. The molecular formula is C15H17NO2S2. The molecule has 106 valence electrons. The van der Waals surface area contributed by atoms with Crippen molar-refractivity contribution in [3.8, 4) is 5.75 Å². The van der Waals surface area contributed by atoms with Gasteiger partial charge in [-0.2, -0.15) is 0 Å². The molecule has 0 N–H and O–H groups in total. The molecule has 20 heavy (non-hydrogen) atoms. The van der Waals surface area contributed by atoms with Gasteiger partial charge in [0, 0.05) is 11.6 Å². The van der Waals surface area contributed by atoms with Crippen LogP contribution in [0, 0.1) is 0 Å². The van der Waals surface area contributed by atoms with E-state index in [0.717, 1.165) is 17.7 Å². The van der Waals surface area contributed by atoms with Crippen LogP contribution in [0.2, 0.25) is 0 Å². The van der Waals surface area contributed by atoms with Crippen LogP contribution in [0.15, 0.2) is 29.2 Å². The monoisotopic (exact) mass is 307 g/mol. The number of carbonyl (C=O) groups excluding carboxylic acids is 1. The van der Waals surface area contributed by atoms with Crippen LogP contribution in [-0.2, 0) is 4.79 Å². The SMILES string of the molecule is CCC(C)N1C(=O)/C(=C/c2ccccc2OC)SC1=S. The molecule has 5 heteroatoms. The number of rotatable bonds is 4. The first kappa shape index (κ1) is 15.1. The Morgan fingerprint density at radius 1 is 1.45 bits per heavy atom. The van der Waals surface area contributed by atoms with Gasteiger partial charge in [0.25, 0.3) is 5.91 Å². The zero-order valence-electron chi connectivity index (χ0n) is 11.8. The molecular weight excluding hydrogens is 290 g/mol. The molecule has 0 aromatic heterocycles. The Labute approximate surface area is 129 Å². The molecule has 1 heterocycles. The van der Waals surface area contributed by atoms with Crippen LogP contribution in [0.1, 0.15) is 25.8 Å². The predicted molar refractivity (Wildman–Crippen MR) is 87.8 cm³/mol. The lowest BCUT2D eigenvalue weighted by Crippen LogP contribution is -2.36. The summed E-state index contributed by atoms with van der Waals surface area (Å²) in [6, 6.07) is 7.76. The van der Waals surface area contributed by atoms with Crippen molar-refractivity contribution in [2.75, 3.05) is 7.11 Å². The molecule has 1 atom stereocenters. The number of thiocarbonyl (C=S) groups is 1. The molecule has 1 amide bonds. The summed E-state index contributed by atoms with van der Waals surface area (Å²) < 4.78 is 5.93. The zero-order valence-corrected chi connectivity index (χ0v) is 13.4. The predicted octanol–water partition coefficient (Wildman–Crippen LogP) is 3.69. The first-order valence-corrected chi connectivity index (χ1v) is 7.71. The molecule has 1 unspecified atom stereocenters. The van der Waals surface area contributed by atoms with Gasteiger partial charge in [-0.3, -0.25) is 9.69 Å². The van der Waals surface area contributed by atoms with Crippen molar-refractivity contribution >= 4 is 40.3 Å². The smallest absolute Gasteiger partial charge is 0.266 e. The van der Waals surface area contributed by atoms with Crippen LogP contribution in [-0.4, -0.2) is 28.3 Å². The number of methoxy groups -OCH3 is 1. The molecule has 1 aliphatic rings. The van der Waals surface area contributed by atoms with Crippen LogP contribution in [0.5, 0.6) is 5.75 Å². The van der Waals surface area contributed by atoms with Crippen molar-refractivity contribution in [3.05, 3.63) is 34.7 Å². The molecule has 3 nitrogen and oxygen atoms in total. The standard InChI is InChI=1S/C15H17NO2S2/c1-4-10(2)16-14(17)13(20-15(16)19)9-11-7-5-6-8-12(11)18-3/h5-10H,4H2,1-3H3/b13-9-. The average molecular weight is 307 g/mol. The maximum absolute atomic E-state index is 12.4. The van der Waals surface area contributed by atoms with Crippen LogP contribution in [0.4, 0.5) is 0 Å². The largest absolute Gasteiger partial charge is 0.496 e. The van der Waals surface area contributed by atoms with Crippen molar-refractivity contribution in [1.29, 1.82) is 0 Å². The lowest BCUT2D eigenvalue weighted by atomic mass is 10.1. The highest BCUT2D eigenvalue weighted by Gasteiger charge is 2.34. The van der Waals surface area contributed by atoms with E-state index in [1.165, 1.54) is 11.8 Å². The number of hydrogen-bond donors (Lipinski definition) is 0. The molecule has 1 aliphatic heterocycles. The minimum atomic E-state index is -0.0137. The van der Waals surface area contributed by atoms with Gasteiger partial charge < -0.3 is 4.74 Å². The Morgan fingerprint density at radius 2 is 2.15 bits per heavy atom. The molecule has 0 saturated carbocycles. The summed E-state index contributed by atoms with van der Waals surface area (Å²) in [5.41, 5.74) is 0.889. The van der Waals surface area contributed by atoms with Crippen molar-refractivity contribution in [1.82, 2.24) is 4.90 Å². The van der Waals surface area contributed by atoms with Gasteiger partial charge in [0.1, 0.15) is 10.1 Å². The zero-order chi connectivity index (χ0) is 14.7. The molecule has 1 saturated heterocycles. The number of thioether (sulfide) groups is 1. The molecule has 1 fully saturated rings. The number of nitrogens with zero attached hydrogens (tertiary/aromatic N) is 1. The Bertz CT molecular complexity index is 569. The second kappa shape index (κ2) is 6.41. The maximum Gasteiger partial charge on any atom is 0.266 e. The first-order chi connectivity index (χ1) is 9.58. The molecule has 0 spiro atoms. The number of para-hydroxylation sites is 1. The highest BCUT2D eigenvalue weighted by molar-refractivity contribution is 8.26. The van der Waals surface area contributed by atoms with Gasteiger partial charge >= 0.3 is 0 Å². The van der Waals surface area contributed by atoms with E-state index in [4.69, 9.17) is 17.0 Å². The second-order valence-corrected chi connectivity index (χ2v) is 6.23. The van der Waals surface area contributed by atoms with Gasteiger partial charge in [-0.15, -0.1) is 0 Å². The molecule has 1 aromatic rings. The van der Waals surface area contributed by atoms with Crippen LogP contribution < -0.4 is 4.74 Å². The Balaban J connectivity index is 2.33. The van der Waals surface area contributed by atoms with Gasteiger partial charge in [-0.25, -0.2) is 0 Å². The Morgan fingerprint density at radius 3 is 2.80 bits per heavy atom. The van der Waals surface area contributed by atoms with Crippen LogP contribution >= 0.6 is 24.0 Å². The van der Waals surface area contributed by atoms with E-state index in [1.54, 1.807) is 12.0 Å². The van der Waals surface area contributed by atoms with Gasteiger partial charge in [-0.1, -0.05) is 49.1 Å². The minimum Gasteiger partial charge on any atom is -0.496 e. The van der Waals surface area contributed by atoms with E-state index in [0.29, 0.717) is 9.23 Å². The van der Waals surface area contributed by atoms with Gasteiger partial charge in [-0.05, 0) is 25.5 Å². The maximum atomic E-state index is 12.4. The van der Waals surface area contributed by atoms with Crippen molar-refractivity contribution in [2.45, 2.75) is 26.3 Å². The fourth-order valence-corrected chi connectivity index (χ4v) is 3.42. The van der Waals surface area contributed by atoms with Gasteiger partial charge in [0.15, 0.2) is 0 Å². The van der Waals surface area contributed by atoms with E-state index >= 15 is 0 Å². The second-order valence-electron chi connectivity index (χ2n) is 4.55. The lowest BCUT2D eigenvalue weighted by molar-refractivity contribution is -0.123. The molecule has 2 rings (SSSR count). The van der Waals surface area contributed by atoms with Crippen molar-refractivity contribution < 1.29 is 9.53 Å². The number of carbonyl (C=O) groups is 1. The summed E-state index contributed by atoms with van der Waals surface area (Å²) in [6.45, 7) is 4.06. The summed E-state index contributed by atoms with van der Waals surface area (Å²) in [7, 11) is 1.62. The van der Waals surface area contributed by atoms with Gasteiger partial charge in [0.05, 0.1) is 12.0 Å². The Kier molecular flexibility index (Phi) is 4.83.